The minimum Gasteiger partial charge on any atom is -0.330 e. The van der Waals surface area contributed by atoms with Gasteiger partial charge < -0.3 is 5.73 Å². The maximum Gasteiger partial charge on any atom is -0.00744 e. The van der Waals surface area contributed by atoms with Gasteiger partial charge in [0.1, 0.15) is 0 Å². The monoisotopic (exact) mass is 175 g/mol. The fourth-order valence-electron chi connectivity index (χ4n) is 2.00. The van der Waals surface area contributed by atoms with Gasteiger partial charge in [-0.2, -0.15) is 0 Å². The molecule has 0 spiro atoms. The van der Waals surface area contributed by atoms with Crippen molar-refractivity contribution < 1.29 is 0 Å². The fraction of sp³-hybridized carbons (Fsp3) is 0.500. The van der Waals surface area contributed by atoms with Gasteiger partial charge in [-0.3, -0.25) is 0 Å². The first-order valence-corrected chi connectivity index (χ1v) is 5.08. The summed E-state index contributed by atoms with van der Waals surface area (Å²) in [7, 11) is 0. The van der Waals surface area contributed by atoms with E-state index in [4.69, 9.17) is 5.73 Å². The van der Waals surface area contributed by atoms with Gasteiger partial charge in [0.15, 0.2) is 0 Å². The van der Waals surface area contributed by atoms with Crippen LogP contribution < -0.4 is 5.73 Å². The molecule has 1 nitrogen and oxygen atoms in total. The van der Waals surface area contributed by atoms with Crippen LogP contribution in [0.15, 0.2) is 24.3 Å². The van der Waals surface area contributed by atoms with Crippen LogP contribution in [0, 0.1) is 12.8 Å². The van der Waals surface area contributed by atoms with Crippen molar-refractivity contribution >= 4 is 0 Å². The number of nitrogens with two attached hydrogens (primary N) is 1. The van der Waals surface area contributed by atoms with Gasteiger partial charge in [0.05, 0.1) is 0 Å². The van der Waals surface area contributed by atoms with Gasteiger partial charge in [-0.05, 0) is 43.7 Å². The molecule has 0 amide bonds. The predicted molar refractivity (Wildman–Crippen MR) is 55.7 cm³/mol. The highest BCUT2D eigenvalue weighted by atomic mass is 14.5. The molecule has 0 aromatic heterocycles. The first kappa shape index (κ1) is 8.76. The van der Waals surface area contributed by atoms with Crippen molar-refractivity contribution in [2.75, 3.05) is 6.54 Å². The van der Waals surface area contributed by atoms with Gasteiger partial charge in [-0.1, -0.05) is 29.8 Å². The Balaban J connectivity index is 2.00. The molecule has 0 aliphatic heterocycles. The SMILES string of the molecule is Cc1ccc(C2CC2CCN)cc1. The minimum atomic E-state index is 0.809. The van der Waals surface area contributed by atoms with E-state index in [0.29, 0.717) is 0 Å². The summed E-state index contributed by atoms with van der Waals surface area (Å²) in [4.78, 5) is 0. The van der Waals surface area contributed by atoms with Crippen LogP contribution in [0.1, 0.15) is 29.9 Å². The summed E-state index contributed by atoms with van der Waals surface area (Å²) in [5.41, 5.74) is 8.38. The standard InChI is InChI=1S/C12H17N/c1-9-2-4-10(5-3-9)12-8-11(12)6-7-13/h2-5,11-12H,6-8,13H2,1H3. The molecule has 1 aliphatic rings. The summed E-state index contributed by atoms with van der Waals surface area (Å²) in [5.74, 6) is 1.68. The van der Waals surface area contributed by atoms with Crippen LogP contribution >= 0.6 is 0 Å². The van der Waals surface area contributed by atoms with Crippen molar-refractivity contribution in [2.45, 2.75) is 25.7 Å². The zero-order valence-electron chi connectivity index (χ0n) is 8.16. The van der Waals surface area contributed by atoms with Crippen molar-refractivity contribution in [1.82, 2.24) is 0 Å². The van der Waals surface area contributed by atoms with Crippen LogP contribution in [-0.2, 0) is 0 Å². The molecule has 2 rings (SSSR count). The minimum absolute atomic E-state index is 0.809. The fourth-order valence-corrected chi connectivity index (χ4v) is 2.00. The third-order valence-electron chi connectivity index (χ3n) is 2.97. The Morgan fingerprint density at radius 2 is 2.00 bits per heavy atom. The van der Waals surface area contributed by atoms with Crippen LogP contribution in [0.5, 0.6) is 0 Å². The van der Waals surface area contributed by atoms with E-state index in [1.54, 1.807) is 0 Å². The highest BCUT2D eigenvalue weighted by Gasteiger charge is 2.36. The number of rotatable bonds is 3. The van der Waals surface area contributed by atoms with Crippen LogP contribution in [-0.4, -0.2) is 6.54 Å². The second kappa shape index (κ2) is 3.51. The molecule has 2 unspecified atom stereocenters. The third-order valence-corrected chi connectivity index (χ3v) is 2.97. The Morgan fingerprint density at radius 1 is 1.31 bits per heavy atom. The number of hydrogen-bond donors (Lipinski definition) is 1. The molecule has 1 saturated carbocycles. The summed E-state index contributed by atoms with van der Waals surface area (Å²) in [5, 5.41) is 0. The van der Waals surface area contributed by atoms with Gasteiger partial charge in [0, 0.05) is 0 Å². The Kier molecular flexibility index (Phi) is 2.36. The quantitative estimate of drug-likeness (QED) is 0.750. The van der Waals surface area contributed by atoms with E-state index in [1.807, 2.05) is 0 Å². The molecule has 1 aromatic carbocycles. The largest absolute Gasteiger partial charge is 0.330 e. The van der Waals surface area contributed by atoms with Gasteiger partial charge >= 0.3 is 0 Å². The lowest BCUT2D eigenvalue weighted by Gasteiger charge is -2.00. The van der Waals surface area contributed by atoms with Gasteiger partial charge in [-0.25, -0.2) is 0 Å². The molecule has 2 atom stereocenters. The van der Waals surface area contributed by atoms with Crippen molar-refractivity contribution in [3.05, 3.63) is 35.4 Å². The van der Waals surface area contributed by atoms with E-state index in [2.05, 4.69) is 31.2 Å². The smallest absolute Gasteiger partial charge is 0.00744 e. The first-order chi connectivity index (χ1) is 6.31. The summed E-state index contributed by atoms with van der Waals surface area (Å²) in [6.45, 7) is 2.97. The van der Waals surface area contributed by atoms with Crippen LogP contribution in [0.25, 0.3) is 0 Å². The maximum atomic E-state index is 5.53. The van der Waals surface area contributed by atoms with Crippen molar-refractivity contribution in [2.24, 2.45) is 11.7 Å². The molecule has 1 aliphatic carbocycles. The predicted octanol–water partition coefficient (Wildman–Crippen LogP) is 2.45. The molecule has 70 valence electrons. The second-order valence-corrected chi connectivity index (χ2v) is 4.09. The van der Waals surface area contributed by atoms with Crippen molar-refractivity contribution in [3.8, 4) is 0 Å². The van der Waals surface area contributed by atoms with Crippen LogP contribution in [0.4, 0.5) is 0 Å². The summed E-state index contributed by atoms with van der Waals surface area (Å²) >= 11 is 0. The zero-order valence-corrected chi connectivity index (χ0v) is 8.16. The van der Waals surface area contributed by atoms with E-state index in [0.717, 1.165) is 18.4 Å². The zero-order chi connectivity index (χ0) is 9.26. The Labute approximate surface area is 80.0 Å². The number of benzene rings is 1. The highest BCUT2D eigenvalue weighted by molar-refractivity contribution is 5.28. The van der Waals surface area contributed by atoms with Crippen LogP contribution in [0.3, 0.4) is 0 Å². The number of aryl methyl sites for hydroxylation is 1. The first-order valence-electron chi connectivity index (χ1n) is 5.08. The third kappa shape index (κ3) is 1.92. The van der Waals surface area contributed by atoms with E-state index >= 15 is 0 Å². The van der Waals surface area contributed by atoms with Crippen molar-refractivity contribution in [3.63, 3.8) is 0 Å². The lowest BCUT2D eigenvalue weighted by Crippen LogP contribution is -1.99. The molecular formula is C12H17N. The summed E-state index contributed by atoms with van der Waals surface area (Å²) < 4.78 is 0. The van der Waals surface area contributed by atoms with E-state index < -0.39 is 0 Å². The van der Waals surface area contributed by atoms with Gasteiger partial charge in [0.2, 0.25) is 0 Å². The molecule has 1 fully saturated rings. The van der Waals surface area contributed by atoms with Crippen LogP contribution in [0.2, 0.25) is 0 Å². The summed E-state index contributed by atoms with van der Waals surface area (Å²) in [6, 6.07) is 8.92. The highest BCUT2D eigenvalue weighted by Crippen LogP contribution is 2.49. The van der Waals surface area contributed by atoms with E-state index in [-0.39, 0.29) is 0 Å². The number of hydrogen-bond acceptors (Lipinski definition) is 1. The maximum absolute atomic E-state index is 5.53. The van der Waals surface area contributed by atoms with E-state index in [1.165, 1.54) is 24.0 Å². The Hall–Kier alpha value is -0.820. The molecule has 1 aromatic rings. The average Bonchev–Trinajstić information content (AvgIpc) is 2.86. The normalized spacial score (nSPS) is 26.0. The molecular weight excluding hydrogens is 158 g/mol. The molecule has 13 heavy (non-hydrogen) atoms. The lowest BCUT2D eigenvalue weighted by atomic mass is 10.1. The Morgan fingerprint density at radius 3 is 2.62 bits per heavy atom. The van der Waals surface area contributed by atoms with E-state index in [9.17, 15) is 0 Å². The molecule has 0 heterocycles. The molecule has 2 N–H and O–H groups in total. The van der Waals surface area contributed by atoms with Crippen molar-refractivity contribution in [1.29, 1.82) is 0 Å². The Bertz CT molecular complexity index is 276. The molecule has 0 bridgehead atoms. The molecule has 0 radical (unpaired) electrons. The van der Waals surface area contributed by atoms with Gasteiger partial charge in [0.25, 0.3) is 0 Å². The average molecular weight is 175 g/mol. The van der Waals surface area contributed by atoms with Gasteiger partial charge in [-0.15, -0.1) is 0 Å². The summed E-state index contributed by atoms with van der Waals surface area (Å²) in [6.07, 6.45) is 2.54. The molecule has 0 saturated heterocycles. The second-order valence-electron chi connectivity index (χ2n) is 4.09. The molecule has 1 heteroatoms. The lowest BCUT2D eigenvalue weighted by molar-refractivity contribution is 0.715. The topological polar surface area (TPSA) is 26.0 Å².